The predicted molar refractivity (Wildman–Crippen MR) is 113 cm³/mol. The van der Waals surface area contributed by atoms with E-state index in [9.17, 15) is 5.11 Å². The van der Waals surface area contributed by atoms with Crippen LogP contribution in [0.2, 0.25) is 6.82 Å². The molecule has 3 nitrogen and oxygen atoms in total. The molecule has 1 N–H and O–H groups in total. The molecule has 1 rings (SSSR count). The van der Waals surface area contributed by atoms with Gasteiger partial charge in [-0.1, -0.05) is 62.8 Å². The number of benzene rings is 1. The van der Waals surface area contributed by atoms with Gasteiger partial charge in [0.15, 0.2) is 0 Å². The Bertz CT molecular complexity index is 430. The smallest absolute Gasteiger partial charge is 0.312 e. The van der Waals surface area contributed by atoms with Crippen molar-refractivity contribution in [3.63, 3.8) is 0 Å². The third-order valence-corrected chi connectivity index (χ3v) is 3.71. The predicted octanol–water partition coefficient (Wildman–Crippen LogP) is 3.87. The molecule has 0 heterocycles. The van der Waals surface area contributed by atoms with E-state index in [0.29, 0.717) is 12.5 Å². The van der Waals surface area contributed by atoms with Crippen molar-refractivity contribution in [1.82, 2.24) is 0 Å². The Balaban J connectivity index is 0. The molecule has 0 amide bonds. The molecule has 25 heavy (non-hydrogen) atoms. The van der Waals surface area contributed by atoms with Crippen LogP contribution < -0.4 is 0 Å². The molecule has 8 heteroatoms. The van der Waals surface area contributed by atoms with Gasteiger partial charge in [-0.2, -0.15) is 0 Å². The van der Waals surface area contributed by atoms with Crippen LogP contribution in [0.5, 0.6) is 0 Å². The monoisotopic (exact) mass is 436 g/mol. The molecule has 0 saturated heterocycles. The topological polar surface area (TPSA) is 38.7 Å². The SMILES string of the molecule is CB(P)O[C@@H](C)[C@H](OCC(C)C)[C@H](CO)Cc1ccccc1.P=S.[Ti]. The van der Waals surface area contributed by atoms with Gasteiger partial charge in [-0.3, -0.25) is 0 Å². The second kappa shape index (κ2) is 17.0. The molecule has 0 bridgehead atoms. The quantitative estimate of drug-likeness (QED) is 0.447. The van der Waals surface area contributed by atoms with E-state index < -0.39 is 0 Å². The maximum atomic E-state index is 9.87. The van der Waals surface area contributed by atoms with E-state index >= 15 is 0 Å². The summed E-state index contributed by atoms with van der Waals surface area (Å²) in [7, 11) is 5.20. The Labute approximate surface area is 178 Å². The van der Waals surface area contributed by atoms with E-state index in [1.54, 1.807) is 0 Å². The molecule has 140 valence electrons. The van der Waals surface area contributed by atoms with Gasteiger partial charge in [0.25, 0.3) is 0 Å². The minimum Gasteiger partial charge on any atom is -0.427 e. The van der Waals surface area contributed by atoms with Gasteiger partial charge in [-0.15, -0.1) is 9.12 Å². The first-order valence-electron chi connectivity index (χ1n) is 8.31. The van der Waals surface area contributed by atoms with Crippen molar-refractivity contribution >= 4 is 35.6 Å². The molecule has 0 aliphatic carbocycles. The van der Waals surface area contributed by atoms with Crippen molar-refractivity contribution < 1.29 is 36.2 Å². The molecule has 4 atom stereocenters. The van der Waals surface area contributed by atoms with Crippen LogP contribution in [-0.4, -0.2) is 37.2 Å². The number of aliphatic hydroxyl groups is 1. The zero-order valence-electron chi connectivity index (χ0n) is 15.6. The molecule has 0 aromatic heterocycles. The van der Waals surface area contributed by atoms with Crippen LogP contribution in [0.4, 0.5) is 0 Å². The first-order valence-corrected chi connectivity index (χ1v) is 10.6. The molecule has 0 aliphatic rings. The maximum Gasteiger partial charge on any atom is 0.312 e. The summed E-state index contributed by atoms with van der Waals surface area (Å²) < 4.78 is 12.0. The van der Waals surface area contributed by atoms with E-state index in [-0.39, 0.29) is 53.1 Å². The number of ether oxygens (including phenoxy) is 1. The van der Waals surface area contributed by atoms with Gasteiger partial charge < -0.3 is 14.5 Å². The third-order valence-electron chi connectivity index (χ3n) is 3.55. The first-order chi connectivity index (χ1) is 11.4. The summed E-state index contributed by atoms with van der Waals surface area (Å²) in [6.07, 6.45) is 0.613. The van der Waals surface area contributed by atoms with E-state index in [0.717, 1.165) is 6.42 Å². The van der Waals surface area contributed by atoms with Gasteiger partial charge in [0.05, 0.1) is 12.2 Å². The fraction of sp³-hybridized carbons (Fsp3) is 0.647. The van der Waals surface area contributed by atoms with E-state index in [2.05, 4.69) is 54.9 Å². The summed E-state index contributed by atoms with van der Waals surface area (Å²) in [6, 6.07) is 10.2. The molecule has 0 aliphatic heterocycles. The second-order valence-corrected chi connectivity index (χ2v) is 7.31. The van der Waals surface area contributed by atoms with Crippen molar-refractivity contribution in [2.24, 2.45) is 11.8 Å². The first kappa shape index (κ1) is 28.0. The fourth-order valence-corrected chi connectivity index (χ4v) is 2.82. The zero-order chi connectivity index (χ0) is 18.5. The summed E-state index contributed by atoms with van der Waals surface area (Å²) in [6.45, 7) is 9.12. The molecule has 1 aromatic rings. The van der Waals surface area contributed by atoms with Gasteiger partial charge >= 0.3 is 6.64 Å². The summed E-state index contributed by atoms with van der Waals surface area (Å²) in [5, 5.41) is 9.87. The normalized spacial score (nSPS) is 13.9. The number of rotatable bonds is 10. The number of aliphatic hydroxyl groups excluding tert-OH is 1. The summed E-state index contributed by atoms with van der Waals surface area (Å²) in [4.78, 5) is 0. The molecular formula is C17H31BO3P2STi. The molecule has 0 spiro atoms. The van der Waals surface area contributed by atoms with Crippen LogP contribution in [-0.2, 0) is 49.3 Å². The average Bonchev–Trinajstić information content (AvgIpc) is 2.55. The Hall–Kier alpha value is 0.829. The maximum absolute atomic E-state index is 9.87. The van der Waals surface area contributed by atoms with E-state index in [1.807, 2.05) is 31.9 Å². The summed E-state index contributed by atoms with van der Waals surface area (Å²) in [5.74, 6) is 0.485. The van der Waals surface area contributed by atoms with E-state index in [1.165, 1.54) is 5.56 Å². The van der Waals surface area contributed by atoms with Crippen LogP contribution in [0.3, 0.4) is 0 Å². The van der Waals surface area contributed by atoms with Crippen LogP contribution in [0.15, 0.2) is 30.3 Å². The summed E-state index contributed by atoms with van der Waals surface area (Å²) >= 11 is 3.89. The zero-order valence-corrected chi connectivity index (χ0v) is 20.2. The second-order valence-electron chi connectivity index (χ2n) is 6.37. The molecule has 1 aromatic carbocycles. The molecule has 1 unspecified atom stereocenters. The average molecular weight is 436 g/mol. The fourth-order valence-electron chi connectivity index (χ4n) is 2.58. The van der Waals surface area contributed by atoms with Gasteiger partial charge in [0.2, 0.25) is 0 Å². The Kier molecular flexibility index (Phi) is 19.0. The standard InChI is InChI=1S/C17H30BO3P.HPS.Ti/c1-13(2)12-20-17(14(3)21-18(4)22)16(11-19)10-15-8-6-5-7-9-15;1-2;/h5-9,13-14,16-17,19H,10-12,22H2,1-4H3;1H;/t14-,16-,17-;;/m0../s1. The number of hydrogen-bond donors (Lipinski definition) is 1. The van der Waals surface area contributed by atoms with Crippen molar-refractivity contribution in [3.05, 3.63) is 35.9 Å². The van der Waals surface area contributed by atoms with Crippen molar-refractivity contribution in [1.29, 1.82) is 0 Å². The van der Waals surface area contributed by atoms with Crippen molar-refractivity contribution in [2.75, 3.05) is 13.2 Å². The van der Waals surface area contributed by atoms with Gasteiger partial charge in [0, 0.05) is 40.8 Å². The number of hydrogen-bond acceptors (Lipinski definition) is 4. The molecular weight excluding hydrogens is 405 g/mol. The van der Waals surface area contributed by atoms with Crippen LogP contribution in [0, 0.1) is 11.8 Å². The van der Waals surface area contributed by atoms with Gasteiger partial charge in [-0.05, 0) is 32.8 Å². The van der Waals surface area contributed by atoms with Crippen LogP contribution in [0.25, 0.3) is 0 Å². The van der Waals surface area contributed by atoms with Crippen molar-refractivity contribution in [3.8, 4) is 0 Å². The minimum atomic E-state index is -0.115. The van der Waals surface area contributed by atoms with Gasteiger partial charge in [-0.25, -0.2) is 0 Å². The Morgan fingerprint density at radius 3 is 2.20 bits per heavy atom. The van der Waals surface area contributed by atoms with Crippen LogP contribution in [0.1, 0.15) is 26.3 Å². The Morgan fingerprint density at radius 2 is 1.76 bits per heavy atom. The largest absolute Gasteiger partial charge is 0.427 e. The van der Waals surface area contributed by atoms with Crippen molar-refractivity contribution in [2.45, 2.75) is 46.2 Å². The van der Waals surface area contributed by atoms with Crippen LogP contribution >= 0.6 is 17.1 Å². The third kappa shape index (κ3) is 12.8. The Morgan fingerprint density at radius 1 is 1.20 bits per heavy atom. The molecule has 0 radical (unpaired) electrons. The molecule has 0 saturated carbocycles. The minimum absolute atomic E-state index is 0. The van der Waals surface area contributed by atoms with E-state index in [4.69, 9.17) is 9.39 Å². The molecule has 0 fully saturated rings. The van der Waals surface area contributed by atoms with Gasteiger partial charge in [0.1, 0.15) is 0 Å². The summed E-state index contributed by atoms with van der Waals surface area (Å²) in [5.41, 5.74) is 1.21.